The van der Waals surface area contributed by atoms with Crippen LogP contribution in [0, 0.1) is 0 Å². The van der Waals surface area contributed by atoms with E-state index in [4.69, 9.17) is 19.7 Å². The lowest BCUT2D eigenvalue weighted by Crippen LogP contribution is -2.61. The highest BCUT2D eigenvalue weighted by Gasteiger charge is 2.52. The molecule has 2 aliphatic rings. The number of ether oxygens (including phenoxy) is 3. The number of rotatable bonds is 3. The molecule has 9 nitrogen and oxygen atoms in total. The lowest BCUT2D eigenvalue weighted by atomic mass is 9.96. The minimum atomic E-state index is -0.802. The second-order valence-electron chi connectivity index (χ2n) is 4.37. The number of carbonyl (C=O) groups excluding carboxylic acids is 2. The molecule has 5 atom stereocenters. The minimum absolute atomic E-state index is 0.224. The van der Waals surface area contributed by atoms with Crippen LogP contribution in [0.1, 0.15) is 13.8 Å². The second-order valence-corrected chi connectivity index (χ2v) is 4.37. The van der Waals surface area contributed by atoms with E-state index in [1.807, 2.05) is 0 Å². The van der Waals surface area contributed by atoms with Gasteiger partial charge in [0.25, 0.3) is 0 Å². The van der Waals surface area contributed by atoms with E-state index in [0.717, 1.165) is 0 Å². The zero-order valence-corrected chi connectivity index (χ0v) is 10.5. The van der Waals surface area contributed by atoms with Gasteiger partial charge in [-0.1, -0.05) is 5.11 Å². The van der Waals surface area contributed by atoms with Crippen LogP contribution in [0.25, 0.3) is 10.4 Å². The third-order valence-corrected chi connectivity index (χ3v) is 2.96. The van der Waals surface area contributed by atoms with Gasteiger partial charge in [0.15, 0.2) is 6.29 Å². The predicted molar refractivity (Wildman–Crippen MR) is 60.7 cm³/mol. The van der Waals surface area contributed by atoms with Gasteiger partial charge in [-0.25, -0.2) is 0 Å². The summed E-state index contributed by atoms with van der Waals surface area (Å²) in [5.74, 6) is -0.848. The average Bonchev–Trinajstić information content (AvgIpc) is 2.74. The van der Waals surface area contributed by atoms with Crippen LogP contribution in [0.5, 0.6) is 0 Å². The van der Waals surface area contributed by atoms with Crippen molar-refractivity contribution in [2.24, 2.45) is 5.11 Å². The largest absolute Gasteiger partial charge is 0.460 e. The maximum atomic E-state index is 11.2. The SMILES string of the molecule is CC(=O)N[C@H]1C(OC(C)=O)[C@H](N=[N+]=[N-])C2CO[C@@H]1O2. The van der Waals surface area contributed by atoms with E-state index in [1.165, 1.54) is 13.8 Å². The number of esters is 1. The molecule has 19 heavy (non-hydrogen) atoms. The van der Waals surface area contributed by atoms with Crippen molar-refractivity contribution in [3.05, 3.63) is 10.4 Å². The Morgan fingerprint density at radius 1 is 1.47 bits per heavy atom. The Hall–Kier alpha value is -1.83. The third kappa shape index (κ3) is 2.78. The quantitative estimate of drug-likeness (QED) is 0.331. The van der Waals surface area contributed by atoms with E-state index in [1.54, 1.807) is 0 Å². The monoisotopic (exact) mass is 270 g/mol. The normalized spacial score (nSPS) is 36.2. The van der Waals surface area contributed by atoms with Crippen LogP contribution in [0.2, 0.25) is 0 Å². The predicted octanol–water partition coefficient (Wildman–Crippen LogP) is -0.143. The maximum absolute atomic E-state index is 11.2. The number of amides is 1. The topological polar surface area (TPSA) is 123 Å². The first-order valence-corrected chi connectivity index (χ1v) is 5.78. The van der Waals surface area contributed by atoms with Crippen LogP contribution in [-0.4, -0.2) is 49.1 Å². The maximum Gasteiger partial charge on any atom is 0.302 e. The lowest BCUT2D eigenvalue weighted by Gasteiger charge is -2.38. The molecule has 1 amide bonds. The summed E-state index contributed by atoms with van der Waals surface area (Å²) >= 11 is 0. The Balaban J connectivity index is 2.28. The van der Waals surface area contributed by atoms with E-state index >= 15 is 0 Å². The van der Waals surface area contributed by atoms with Crippen LogP contribution in [0.15, 0.2) is 5.11 Å². The zero-order valence-electron chi connectivity index (χ0n) is 10.5. The number of azide groups is 1. The Morgan fingerprint density at radius 2 is 2.21 bits per heavy atom. The van der Waals surface area contributed by atoms with E-state index in [-0.39, 0.29) is 12.5 Å². The van der Waals surface area contributed by atoms with Crippen LogP contribution < -0.4 is 5.32 Å². The van der Waals surface area contributed by atoms with Gasteiger partial charge >= 0.3 is 5.97 Å². The summed E-state index contributed by atoms with van der Waals surface area (Å²) in [6.45, 7) is 2.80. The van der Waals surface area contributed by atoms with Crippen LogP contribution in [-0.2, 0) is 23.8 Å². The number of nitrogens with one attached hydrogen (secondary N) is 1. The number of fused-ring (bicyclic) bond motifs is 2. The molecule has 0 aromatic carbocycles. The second kappa shape index (κ2) is 5.43. The van der Waals surface area contributed by atoms with E-state index in [9.17, 15) is 9.59 Å². The molecule has 2 bridgehead atoms. The van der Waals surface area contributed by atoms with Crippen molar-refractivity contribution in [3.8, 4) is 0 Å². The molecule has 0 spiro atoms. The molecule has 0 aromatic heterocycles. The van der Waals surface area contributed by atoms with Crippen molar-refractivity contribution in [1.82, 2.24) is 5.32 Å². The van der Waals surface area contributed by atoms with Crippen molar-refractivity contribution >= 4 is 11.9 Å². The molecule has 2 unspecified atom stereocenters. The van der Waals surface area contributed by atoms with Crippen molar-refractivity contribution in [2.45, 2.75) is 44.4 Å². The molecule has 0 aromatic rings. The lowest BCUT2D eigenvalue weighted by molar-refractivity contribution is -0.178. The summed E-state index contributed by atoms with van der Waals surface area (Å²) in [6.07, 6.45) is -1.98. The Labute approximate surface area is 108 Å². The molecule has 0 radical (unpaired) electrons. The Morgan fingerprint density at radius 3 is 2.79 bits per heavy atom. The van der Waals surface area contributed by atoms with Gasteiger partial charge in [-0.3, -0.25) is 9.59 Å². The first-order valence-electron chi connectivity index (χ1n) is 5.78. The standard InChI is InChI=1S/C10H14N4O5/c1-4(15)12-8-9(18-5(2)16)7(13-14-11)6-3-17-10(8)19-6/h6-10H,3H2,1-2H3,(H,12,15)/t6?,7-,8+,9?,10-/m1/s1. The molecular weight excluding hydrogens is 256 g/mol. The fourth-order valence-corrected chi connectivity index (χ4v) is 2.31. The van der Waals surface area contributed by atoms with Gasteiger partial charge in [0.1, 0.15) is 18.2 Å². The van der Waals surface area contributed by atoms with Gasteiger partial charge in [0, 0.05) is 18.8 Å². The zero-order chi connectivity index (χ0) is 14.0. The molecule has 2 fully saturated rings. The number of hydrogen-bond acceptors (Lipinski definition) is 6. The van der Waals surface area contributed by atoms with Crippen LogP contribution in [0.3, 0.4) is 0 Å². The molecule has 0 saturated carbocycles. The van der Waals surface area contributed by atoms with Gasteiger partial charge < -0.3 is 19.5 Å². The number of carbonyl (C=O) groups is 2. The van der Waals surface area contributed by atoms with Crippen LogP contribution >= 0.6 is 0 Å². The average molecular weight is 270 g/mol. The van der Waals surface area contributed by atoms with Gasteiger partial charge in [-0.2, -0.15) is 0 Å². The summed E-state index contributed by atoms with van der Waals surface area (Å²) in [5.41, 5.74) is 8.60. The van der Waals surface area contributed by atoms with Gasteiger partial charge in [0.05, 0.1) is 12.7 Å². The highest BCUT2D eigenvalue weighted by atomic mass is 16.7. The first kappa shape index (κ1) is 13.6. The van der Waals surface area contributed by atoms with Crippen molar-refractivity contribution in [2.75, 3.05) is 6.61 Å². The fraction of sp³-hybridized carbons (Fsp3) is 0.800. The smallest absolute Gasteiger partial charge is 0.302 e. The number of hydrogen-bond donors (Lipinski definition) is 1. The summed E-state index contributed by atoms with van der Waals surface area (Å²) in [7, 11) is 0. The third-order valence-electron chi connectivity index (χ3n) is 2.96. The van der Waals surface area contributed by atoms with E-state index < -0.39 is 36.6 Å². The van der Waals surface area contributed by atoms with Crippen LogP contribution in [0.4, 0.5) is 0 Å². The highest BCUT2D eigenvalue weighted by Crippen LogP contribution is 2.32. The molecular formula is C10H14N4O5. The van der Waals surface area contributed by atoms with Crippen molar-refractivity contribution in [1.29, 1.82) is 0 Å². The first-order chi connectivity index (χ1) is 9.02. The molecule has 2 aliphatic heterocycles. The fourth-order valence-electron chi connectivity index (χ4n) is 2.31. The highest BCUT2D eigenvalue weighted by molar-refractivity contribution is 5.73. The molecule has 2 heterocycles. The summed E-state index contributed by atoms with van der Waals surface area (Å²) in [4.78, 5) is 25.1. The van der Waals surface area contributed by atoms with Gasteiger partial charge in [0.2, 0.25) is 5.91 Å². The number of nitrogens with zero attached hydrogens (tertiary/aromatic N) is 3. The van der Waals surface area contributed by atoms with Gasteiger partial charge in [-0.05, 0) is 5.53 Å². The molecule has 0 aliphatic carbocycles. The summed E-state index contributed by atoms with van der Waals surface area (Å²) in [5, 5.41) is 6.21. The van der Waals surface area contributed by atoms with Gasteiger partial charge in [-0.15, -0.1) is 0 Å². The van der Waals surface area contributed by atoms with Crippen molar-refractivity contribution < 1.29 is 23.8 Å². The van der Waals surface area contributed by atoms with Crippen molar-refractivity contribution in [3.63, 3.8) is 0 Å². The van der Waals surface area contributed by atoms with E-state index in [0.29, 0.717) is 0 Å². The molecule has 2 saturated heterocycles. The Kier molecular flexibility index (Phi) is 3.89. The molecule has 1 N–H and O–H groups in total. The van der Waals surface area contributed by atoms with E-state index in [2.05, 4.69) is 15.3 Å². The summed E-state index contributed by atoms with van der Waals surface area (Å²) < 4.78 is 16.0. The molecule has 2 rings (SSSR count). The summed E-state index contributed by atoms with van der Waals surface area (Å²) in [6, 6.07) is -1.43. The molecule has 9 heteroatoms. The molecule has 104 valence electrons. The minimum Gasteiger partial charge on any atom is -0.460 e. The Bertz CT molecular complexity index is 436.